The van der Waals surface area contributed by atoms with E-state index in [0.29, 0.717) is 13.1 Å². The van der Waals surface area contributed by atoms with Gasteiger partial charge in [0.25, 0.3) is 0 Å². The van der Waals surface area contributed by atoms with Crippen LogP contribution >= 0.6 is 0 Å². The summed E-state index contributed by atoms with van der Waals surface area (Å²) in [5.41, 5.74) is 0. The van der Waals surface area contributed by atoms with Crippen LogP contribution in [-0.2, 0) is 14.6 Å². The first-order chi connectivity index (χ1) is 5.95. The van der Waals surface area contributed by atoms with Crippen LogP contribution in [0.15, 0.2) is 0 Å². The molecule has 0 aliphatic carbocycles. The van der Waals surface area contributed by atoms with Crippen LogP contribution in [0.2, 0.25) is 0 Å². The number of hydrogen-bond donors (Lipinski definition) is 2. The smallest absolute Gasteiger partial charge is 0.148 e. The van der Waals surface area contributed by atoms with Crippen LogP contribution in [0.1, 0.15) is 0 Å². The highest BCUT2D eigenvalue weighted by Crippen LogP contribution is 1.83. The van der Waals surface area contributed by atoms with Gasteiger partial charge in [0.15, 0.2) is 0 Å². The first-order valence-electron chi connectivity index (χ1n) is 4.01. The Bertz CT molecular complexity index is 215. The van der Waals surface area contributed by atoms with E-state index in [4.69, 9.17) is 9.84 Å². The van der Waals surface area contributed by atoms with Crippen LogP contribution in [0.5, 0.6) is 0 Å². The van der Waals surface area contributed by atoms with Gasteiger partial charge in [0.2, 0.25) is 0 Å². The molecule has 0 saturated heterocycles. The summed E-state index contributed by atoms with van der Waals surface area (Å²) in [6, 6.07) is 0. The highest BCUT2D eigenvalue weighted by molar-refractivity contribution is 7.90. The summed E-state index contributed by atoms with van der Waals surface area (Å²) in [6.45, 7) is 0.967. The minimum Gasteiger partial charge on any atom is -0.389 e. The predicted octanol–water partition coefficient (Wildman–Crippen LogP) is -1.37. The number of ether oxygens (including phenoxy) is 1. The summed E-state index contributed by atoms with van der Waals surface area (Å²) in [7, 11) is -1.41. The Labute approximate surface area is 79.0 Å². The van der Waals surface area contributed by atoms with E-state index in [1.807, 2.05) is 0 Å². The molecular weight excluding hydrogens is 194 g/mol. The molecule has 80 valence electrons. The molecule has 0 radical (unpaired) electrons. The van der Waals surface area contributed by atoms with E-state index >= 15 is 0 Å². The van der Waals surface area contributed by atoms with Gasteiger partial charge < -0.3 is 15.2 Å². The number of aliphatic hydroxyl groups excluding tert-OH is 1. The van der Waals surface area contributed by atoms with Gasteiger partial charge >= 0.3 is 0 Å². The fraction of sp³-hybridized carbons (Fsp3) is 1.00. The molecule has 0 aliphatic heterocycles. The molecule has 2 N–H and O–H groups in total. The number of hydrogen-bond acceptors (Lipinski definition) is 5. The van der Waals surface area contributed by atoms with Crippen LogP contribution < -0.4 is 5.32 Å². The van der Waals surface area contributed by atoms with E-state index in [9.17, 15) is 8.42 Å². The fourth-order valence-corrected chi connectivity index (χ4v) is 1.29. The van der Waals surface area contributed by atoms with Crippen molar-refractivity contribution in [2.45, 2.75) is 6.10 Å². The summed E-state index contributed by atoms with van der Waals surface area (Å²) in [5.74, 6) is 0.0900. The SMILES string of the molecule is COCC(O)CNCCS(C)(=O)=O. The molecule has 0 amide bonds. The summed E-state index contributed by atoms with van der Waals surface area (Å²) < 4.78 is 26.0. The van der Waals surface area contributed by atoms with E-state index in [-0.39, 0.29) is 12.4 Å². The van der Waals surface area contributed by atoms with Crippen LogP contribution in [0.4, 0.5) is 0 Å². The molecule has 5 nitrogen and oxygen atoms in total. The van der Waals surface area contributed by atoms with Crippen LogP contribution in [0.25, 0.3) is 0 Å². The van der Waals surface area contributed by atoms with Crippen molar-refractivity contribution in [1.29, 1.82) is 0 Å². The van der Waals surface area contributed by atoms with Gasteiger partial charge in [-0.05, 0) is 0 Å². The summed E-state index contributed by atoms with van der Waals surface area (Å²) in [5, 5.41) is 12.0. The first-order valence-corrected chi connectivity index (χ1v) is 6.07. The van der Waals surface area contributed by atoms with E-state index < -0.39 is 15.9 Å². The molecule has 0 fully saturated rings. The number of rotatable bonds is 7. The lowest BCUT2D eigenvalue weighted by atomic mass is 10.4. The molecule has 1 atom stereocenters. The maximum atomic E-state index is 10.7. The minimum absolute atomic E-state index is 0.0900. The highest BCUT2D eigenvalue weighted by Gasteiger charge is 2.04. The Morgan fingerprint density at radius 3 is 2.62 bits per heavy atom. The average Bonchev–Trinajstić information content (AvgIpc) is 1.97. The van der Waals surface area contributed by atoms with Crippen LogP contribution in [0, 0.1) is 0 Å². The van der Waals surface area contributed by atoms with E-state index in [1.54, 1.807) is 0 Å². The van der Waals surface area contributed by atoms with Gasteiger partial charge in [0.05, 0.1) is 18.5 Å². The summed E-state index contributed by atoms with van der Waals surface area (Å²) in [6.07, 6.45) is 0.602. The molecule has 6 heteroatoms. The van der Waals surface area contributed by atoms with Crippen molar-refractivity contribution < 1.29 is 18.3 Å². The van der Waals surface area contributed by atoms with E-state index in [1.165, 1.54) is 13.4 Å². The number of sulfone groups is 1. The standard InChI is InChI=1S/C7H17NO4S/c1-12-6-7(9)5-8-3-4-13(2,10)11/h7-9H,3-6H2,1-2H3. The van der Waals surface area contributed by atoms with Crippen molar-refractivity contribution in [3.8, 4) is 0 Å². The van der Waals surface area contributed by atoms with Crippen molar-refractivity contribution >= 4 is 9.84 Å². The predicted molar refractivity (Wildman–Crippen MR) is 50.5 cm³/mol. The van der Waals surface area contributed by atoms with Gasteiger partial charge in [0, 0.05) is 26.5 Å². The van der Waals surface area contributed by atoms with E-state index in [2.05, 4.69) is 5.32 Å². The third kappa shape index (κ3) is 9.75. The zero-order valence-electron chi connectivity index (χ0n) is 7.99. The Balaban J connectivity index is 3.36. The Hall–Kier alpha value is -0.170. The lowest BCUT2D eigenvalue weighted by Gasteiger charge is -2.09. The molecule has 0 saturated carbocycles. The molecule has 1 unspecified atom stereocenters. The van der Waals surface area contributed by atoms with Gasteiger partial charge in [0.1, 0.15) is 9.84 Å². The lowest BCUT2D eigenvalue weighted by molar-refractivity contribution is 0.0650. The van der Waals surface area contributed by atoms with Gasteiger partial charge in [-0.25, -0.2) is 8.42 Å². The van der Waals surface area contributed by atoms with Crippen LogP contribution in [-0.4, -0.2) is 58.4 Å². The maximum Gasteiger partial charge on any atom is 0.148 e. The topological polar surface area (TPSA) is 75.6 Å². The van der Waals surface area contributed by atoms with Crippen molar-refractivity contribution in [1.82, 2.24) is 5.32 Å². The van der Waals surface area contributed by atoms with Crippen molar-refractivity contribution in [3.63, 3.8) is 0 Å². The molecule has 0 aromatic carbocycles. The molecule has 0 spiro atoms. The minimum atomic E-state index is -2.91. The Morgan fingerprint density at radius 2 is 2.15 bits per heavy atom. The van der Waals surface area contributed by atoms with Crippen molar-refractivity contribution in [2.75, 3.05) is 38.8 Å². The molecule has 0 bridgehead atoms. The second kappa shape index (κ2) is 6.31. The zero-order chi connectivity index (χ0) is 10.3. The van der Waals surface area contributed by atoms with Gasteiger partial charge in [-0.2, -0.15) is 0 Å². The Kier molecular flexibility index (Phi) is 6.23. The molecule has 0 heterocycles. The number of methoxy groups -OCH3 is 1. The third-order valence-corrected chi connectivity index (χ3v) is 2.33. The molecule has 0 aromatic rings. The molecule has 13 heavy (non-hydrogen) atoms. The third-order valence-electron chi connectivity index (χ3n) is 1.39. The second-order valence-corrected chi connectivity index (χ2v) is 5.20. The zero-order valence-corrected chi connectivity index (χ0v) is 8.80. The second-order valence-electron chi connectivity index (χ2n) is 2.94. The average molecular weight is 211 g/mol. The van der Waals surface area contributed by atoms with Crippen molar-refractivity contribution in [3.05, 3.63) is 0 Å². The highest BCUT2D eigenvalue weighted by atomic mass is 32.2. The Morgan fingerprint density at radius 1 is 1.54 bits per heavy atom. The largest absolute Gasteiger partial charge is 0.389 e. The van der Waals surface area contributed by atoms with Gasteiger partial charge in [-0.1, -0.05) is 0 Å². The lowest BCUT2D eigenvalue weighted by Crippen LogP contribution is -2.32. The molecule has 0 aliphatic rings. The number of aliphatic hydroxyl groups is 1. The van der Waals surface area contributed by atoms with Gasteiger partial charge in [-0.15, -0.1) is 0 Å². The normalized spacial score (nSPS) is 14.4. The monoisotopic (exact) mass is 211 g/mol. The quantitative estimate of drug-likeness (QED) is 0.508. The van der Waals surface area contributed by atoms with Gasteiger partial charge in [-0.3, -0.25) is 0 Å². The molecule has 0 rings (SSSR count). The number of nitrogens with one attached hydrogen (secondary N) is 1. The summed E-state index contributed by atoms with van der Waals surface area (Å²) in [4.78, 5) is 0. The molecular formula is C7H17NO4S. The summed E-state index contributed by atoms with van der Waals surface area (Å²) >= 11 is 0. The van der Waals surface area contributed by atoms with Crippen LogP contribution in [0.3, 0.4) is 0 Å². The fourth-order valence-electron chi connectivity index (χ4n) is 0.778. The maximum absolute atomic E-state index is 10.7. The van der Waals surface area contributed by atoms with E-state index in [0.717, 1.165) is 0 Å². The molecule has 0 aromatic heterocycles. The van der Waals surface area contributed by atoms with Crippen molar-refractivity contribution in [2.24, 2.45) is 0 Å². The first kappa shape index (κ1) is 12.8.